The van der Waals surface area contributed by atoms with Crippen molar-refractivity contribution in [2.24, 2.45) is 0 Å². The number of halogens is 1. The number of rotatable bonds is 6. The van der Waals surface area contributed by atoms with Crippen LogP contribution in [-0.4, -0.2) is 47.3 Å². The predicted octanol–water partition coefficient (Wildman–Crippen LogP) is 2.83. The molecule has 2 aromatic heterocycles. The lowest BCUT2D eigenvalue weighted by atomic mass is 9.95. The van der Waals surface area contributed by atoms with E-state index in [9.17, 15) is 5.26 Å². The first kappa shape index (κ1) is 20.4. The van der Waals surface area contributed by atoms with Crippen LogP contribution >= 0.6 is 11.6 Å². The average Bonchev–Trinajstić information content (AvgIpc) is 2.74. The minimum Gasteiger partial charge on any atom is -0.469 e. The maximum absolute atomic E-state index is 9.61. The molecule has 1 N–H and O–H groups in total. The molecule has 1 fully saturated rings. The Kier molecular flexibility index (Phi) is 6.01. The molecule has 1 saturated heterocycles. The second-order valence-electron chi connectivity index (χ2n) is 7.31. The summed E-state index contributed by atoms with van der Waals surface area (Å²) >= 11 is 6.26. The lowest BCUT2D eigenvalue weighted by Crippen LogP contribution is -2.38. The molecule has 4 rings (SSSR count). The van der Waals surface area contributed by atoms with Crippen LogP contribution in [0.25, 0.3) is 0 Å². The van der Waals surface area contributed by atoms with Gasteiger partial charge in [-0.25, -0.2) is 9.97 Å². The number of anilines is 1. The summed E-state index contributed by atoms with van der Waals surface area (Å²) in [6.07, 6.45) is 2.63. The number of pyridine rings is 2. The van der Waals surface area contributed by atoms with Crippen LogP contribution < -0.4 is 10.1 Å². The summed E-state index contributed by atoms with van der Waals surface area (Å²) < 4.78 is 10.8. The van der Waals surface area contributed by atoms with Crippen LogP contribution in [0, 0.1) is 22.7 Å². The van der Waals surface area contributed by atoms with E-state index in [2.05, 4.69) is 33.2 Å². The van der Waals surface area contributed by atoms with Crippen molar-refractivity contribution in [3.05, 3.63) is 45.7 Å². The Labute approximate surface area is 180 Å². The second-order valence-corrected chi connectivity index (χ2v) is 7.67. The van der Waals surface area contributed by atoms with Gasteiger partial charge in [-0.15, -0.1) is 0 Å². The molecule has 0 radical (unpaired) electrons. The van der Waals surface area contributed by atoms with Gasteiger partial charge >= 0.3 is 0 Å². The summed E-state index contributed by atoms with van der Waals surface area (Å²) in [6.45, 7) is 4.83. The largest absolute Gasteiger partial charge is 0.469 e. The van der Waals surface area contributed by atoms with E-state index in [1.54, 1.807) is 0 Å². The van der Waals surface area contributed by atoms with Gasteiger partial charge < -0.3 is 14.8 Å². The summed E-state index contributed by atoms with van der Waals surface area (Å²) in [5.74, 6) is 1.19. The maximum Gasteiger partial charge on any atom is 0.213 e. The first-order valence-electron chi connectivity index (χ1n) is 9.77. The molecule has 8 nitrogen and oxygen atoms in total. The molecule has 9 heteroatoms. The molecule has 154 valence electrons. The van der Waals surface area contributed by atoms with Gasteiger partial charge in [0, 0.05) is 37.0 Å². The first-order chi connectivity index (χ1) is 14.6. The van der Waals surface area contributed by atoms with Crippen molar-refractivity contribution >= 4 is 17.4 Å². The zero-order valence-corrected chi connectivity index (χ0v) is 17.3. The van der Waals surface area contributed by atoms with Crippen LogP contribution in [-0.2, 0) is 17.7 Å². The molecule has 0 amide bonds. The molecule has 0 bridgehead atoms. The number of nitriles is 2. The number of hydrogen-bond donors (Lipinski definition) is 1. The van der Waals surface area contributed by atoms with Gasteiger partial charge in [-0.05, 0) is 24.5 Å². The van der Waals surface area contributed by atoms with Crippen LogP contribution in [0.2, 0.25) is 5.15 Å². The maximum atomic E-state index is 9.61. The standard InChI is InChI=1S/C21H21ClN6O2/c1-13(14-2-3-19(26-9-14)30-15-11-29-12-15)28-7-4-16-18(10-28)17(8-24)20(22)27-21(16)25-6-5-23/h2-3,9,13,15H,4,6-7,10-12H2,1H3,(H,25,27). The van der Waals surface area contributed by atoms with Crippen LogP contribution in [0.4, 0.5) is 5.82 Å². The van der Waals surface area contributed by atoms with Crippen molar-refractivity contribution < 1.29 is 9.47 Å². The van der Waals surface area contributed by atoms with E-state index < -0.39 is 0 Å². The monoisotopic (exact) mass is 424 g/mol. The van der Waals surface area contributed by atoms with Crippen molar-refractivity contribution in [3.8, 4) is 18.0 Å². The third-order valence-corrected chi connectivity index (χ3v) is 5.78. The molecule has 30 heavy (non-hydrogen) atoms. The number of nitrogens with one attached hydrogen (secondary N) is 1. The summed E-state index contributed by atoms with van der Waals surface area (Å²) in [6, 6.07) is 8.24. The fourth-order valence-electron chi connectivity index (χ4n) is 3.71. The molecule has 4 heterocycles. The van der Waals surface area contributed by atoms with Gasteiger partial charge in [-0.1, -0.05) is 17.7 Å². The number of ether oxygens (including phenoxy) is 2. The second kappa shape index (κ2) is 8.85. The topological polar surface area (TPSA) is 107 Å². The van der Waals surface area contributed by atoms with Gasteiger partial charge in [0.15, 0.2) is 0 Å². The SMILES string of the molecule is CC(c1ccc(OC2COC2)nc1)N1CCc2c(NCC#N)nc(Cl)c(C#N)c2C1. The quantitative estimate of drug-likeness (QED) is 0.557. The van der Waals surface area contributed by atoms with E-state index in [0.717, 1.165) is 23.2 Å². The summed E-state index contributed by atoms with van der Waals surface area (Å²) in [4.78, 5) is 11.0. The van der Waals surface area contributed by atoms with E-state index in [1.807, 2.05) is 24.4 Å². The third kappa shape index (κ3) is 4.03. The highest BCUT2D eigenvalue weighted by atomic mass is 35.5. The number of aromatic nitrogens is 2. The van der Waals surface area contributed by atoms with Crippen molar-refractivity contribution in [2.45, 2.75) is 32.0 Å². The Bertz CT molecular complexity index is 1010. The highest BCUT2D eigenvalue weighted by Gasteiger charge is 2.28. The predicted molar refractivity (Wildman–Crippen MR) is 110 cm³/mol. The average molecular weight is 425 g/mol. The van der Waals surface area contributed by atoms with Gasteiger partial charge in [0.2, 0.25) is 5.88 Å². The molecule has 0 saturated carbocycles. The zero-order chi connectivity index (χ0) is 21.1. The fourth-order valence-corrected chi connectivity index (χ4v) is 3.95. The van der Waals surface area contributed by atoms with E-state index in [4.69, 9.17) is 26.3 Å². The minimum atomic E-state index is 0.0889. The van der Waals surface area contributed by atoms with Crippen molar-refractivity contribution in [1.29, 1.82) is 10.5 Å². The molecule has 2 aromatic rings. The van der Waals surface area contributed by atoms with E-state index in [-0.39, 0.29) is 23.8 Å². The van der Waals surface area contributed by atoms with Gasteiger partial charge in [-0.2, -0.15) is 10.5 Å². The van der Waals surface area contributed by atoms with E-state index in [0.29, 0.717) is 43.4 Å². The van der Waals surface area contributed by atoms with Crippen LogP contribution in [0.5, 0.6) is 5.88 Å². The molecule has 0 aromatic carbocycles. The van der Waals surface area contributed by atoms with Gasteiger partial charge in [-0.3, -0.25) is 4.90 Å². The molecular weight excluding hydrogens is 404 g/mol. The van der Waals surface area contributed by atoms with Crippen LogP contribution in [0.15, 0.2) is 18.3 Å². The Balaban J connectivity index is 1.53. The highest BCUT2D eigenvalue weighted by Crippen LogP contribution is 2.34. The van der Waals surface area contributed by atoms with Gasteiger partial charge in [0.25, 0.3) is 0 Å². The molecule has 1 unspecified atom stereocenters. The molecule has 2 aliphatic rings. The van der Waals surface area contributed by atoms with Gasteiger partial charge in [0.05, 0.1) is 24.8 Å². The Hall–Kier alpha value is -2.91. The molecular formula is C21H21ClN6O2. The zero-order valence-electron chi connectivity index (χ0n) is 16.6. The summed E-state index contributed by atoms with van der Waals surface area (Å²) in [5.41, 5.74) is 3.29. The number of fused-ring (bicyclic) bond motifs is 1. The summed E-state index contributed by atoms with van der Waals surface area (Å²) in [7, 11) is 0. The Morgan fingerprint density at radius 1 is 1.37 bits per heavy atom. The Morgan fingerprint density at radius 3 is 2.83 bits per heavy atom. The minimum absolute atomic E-state index is 0.0889. The van der Waals surface area contributed by atoms with E-state index >= 15 is 0 Å². The van der Waals surface area contributed by atoms with Crippen LogP contribution in [0.3, 0.4) is 0 Å². The van der Waals surface area contributed by atoms with Crippen molar-refractivity contribution in [1.82, 2.24) is 14.9 Å². The van der Waals surface area contributed by atoms with Gasteiger partial charge in [0.1, 0.15) is 29.7 Å². The van der Waals surface area contributed by atoms with Crippen molar-refractivity contribution in [3.63, 3.8) is 0 Å². The lowest BCUT2D eigenvalue weighted by Gasteiger charge is -2.35. The lowest BCUT2D eigenvalue weighted by molar-refractivity contribution is -0.0813. The van der Waals surface area contributed by atoms with E-state index in [1.165, 1.54) is 0 Å². The van der Waals surface area contributed by atoms with Crippen molar-refractivity contribution in [2.75, 3.05) is 31.6 Å². The smallest absolute Gasteiger partial charge is 0.213 e. The Morgan fingerprint density at radius 2 is 2.20 bits per heavy atom. The number of hydrogen-bond acceptors (Lipinski definition) is 8. The molecule has 0 aliphatic carbocycles. The molecule has 0 spiro atoms. The first-order valence-corrected chi connectivity index (χ1v) is 10.1. The molecule has 1 atom stereocenters. The number of nitrogens with zero attached hydrogens (tertiary/aromatic N) is 5. The third-order valence-electron chi connectivity index (χ3n) is 5.51. The van der Waals surface area contributed by atoms with Crippen LogP contribution in [0.1, 0.15) is 35.2 Å². The summed E-state index contributed by atoms with van der Waals surface area (Å²) in [5, 5.41) is 21.7. The molecule has 2 aliphatic heterocycles. The highest BCUT2D eigenvalue weighted by molar-refractivity contribution is 6.30. The fraction of sp³-hybridized carbons (Fsp3) is 0.429. The normalized spacial score (nSPS) is 17.2.